The van der Waals surface area contributed by atoms with Crippen molar-refractivity contribution in [3.8, 4) is 5.75 Å². The number of nitrogens with zero attached hydrogens (tertiary/aromatic N) is 1. The van der Waals surface area contributed by atoms with Crippen LogP contribution in [0.15, 0.2) is 54.6 Å². The first-order chi connectivity index (χ1) is 12.0. The van der Waals surface area contributed by atoms with Crippen LogP contribution in [0.2, 0.25) is 0 Å². The van der Waals surface area contributed by atoms with Crippen LogP contribution in [0.25, 0.3) is 0 Å². The molecule has 0 unspecified atom stereocenters. The maximum atomic E-state index is 13.1. The van der Waals surface area contributed by atoms with E-state index >= 15 is 0 Å². The first-order valence-electron chi connectivity index (χ1n) is 8.36. The molecule has 5 heteroatoms. The molecule has 2 aliphatic rings. The molecule has 0 aromatic heterocycles. The van der Waals surface area contributed by atoms with Gasteiger partial charge in [-0.25, -0.2) is 0 Å². The molecule has 2 bridgehead atoms. The summed E-state index contributed by atoms with van der Waals surface area (Å²) in [5.74, 6) is -2.25. The number of carboxylic acid groups (broad SMARTS) is 1. The number of carbonyl (C=O) groups is 2. The number of carbonyl (C=O) groups excluding carboxylic acids is 1. The third-order valence-electron chi connectivity index (χ3n) is 5.20. The SMILES string of the molecule is C[C@@]12C[C@H](c3ccccc3O1)[C@H](C(=O)O)C(=O)N2Cc1ccccc1. The van der Waals surface area contributed by atoms with Crippen LogP contribution < -0.4 is 4.74 Å². The number of aliphatic carboxylic acids is 1. The van der Waals surface area contributed by atoms with Crippen molar-refractivity contribution in [2.75, 3.05) is 0 Å². The Bertz CT molecular complexity index is 835. The summed E-state index contributed by atoms with van der Waals surface area (Å²) in [4.78, 5) is 26.5. The van der Waals surface area contributed by atoms with Gasteiger partial charge in [-0.1, -0.05) is 48.5 Å². The minimum Gasteiger partial charge on any atom is -0.481 e. The molecule has 25 heavy (non-hydrogen) atoms. The molecular formula is C20H19NO4. The molecule has 1 N–H and O–H groups in total. The largest absolute Gasteiger partial charge is 0.481 e. The van der Waals surface area contributed by atoms with E-state index in [0.29, 0.717) is 18.7 Å². The van der Waals surface area contributed by atoms with Crippen molar-refractivity contribution in [2.45, 2.75) is 31.5 Å². The molecule has 2 aliphatic heterocycles. The molecule has 0 aliphatic carbocycles. The number of likely N-dealkylation sites (tertiary alicyclic amines) is 1. The molecule has 5 nitrogen and oxygen atoms in total. The van der Waals surface area contributed by atoms with Gasteiger partial charge in [-0.05, 0) is 24.1 Å². The topological polar surface area (TPSA) is 66.8 Å². The lowest BCUT2D eigenvalue weighted by Crippen LogP contribution is -2.63. The highest BCUT2D eigenvalue weighted by molar-refractivity contribution is 5.99. The van der Waals surface area contributed by atoms with Crippen LogP contribution in [0.4, 0.5) is 0 Å². The zero-order valence-electron chi connectivity index (χ0n) is 13.9. The Kier molecular flexibility index (Phi) is 3.53. The number of hydrogen-bond acceptors (Lipinski definition) is 3. The van der Waals surface area contributed by atoms with Gasteiger partial charge in [-0.15, -0.1) is 0 Å². The van der Waals surface area contributed by atoms with E-state index in [0.717, 1.165) is 11.1 Å². The molecule has 1 saturated heterocycles. The number of amides is 1. The van der Waals surface area contributed by atoms with Crippen molar-refractivity contribution < 1.29 is 19.4 Å². The third kappa shape index (κ3) is 2.47. The summed E-state index contributed by atoms with van der Waals surface area (Å²) in [6, 6.07) is 17.0. The Labute approximate surface area is 145 Å². The Morgan fingerprint density at radius 2 is 1.88 bits per heavy atom. The lowest BCUT2D eigenvalue weighted by molar-refractivity contribution is -0.181. The van der Waals surface area contributed by atoms with E-state index in [4.69, 9.17) is 4.74 Å². The molecule has 2 heterocycles. The summed E-state index contributed by atoms with van der Waals surface area (Å²) in [5, 5.41) is 9.73. The number of fused-ring (bicyclic) bond motifs is 4. The van der Waals surface area contributed by atoms with Gasteiger partial charge in [-0.2, -0.15) is 0 Å². The molecule has 2 aromatic rings. The van der Waals surface area contributed by atoms with Crippen LogP contribution in [-0.2, 0) is 16.1 Å². The van der Waals surface area contributed by atoms with Gasteiger partial charge in [0.2, 0.25) is 5.91 Å². The smallest absolute Gasteiger partial charge is 0.316 e. The average molecular weight is 337 g/mol. The fraction of sp³-hybridized carbons (Fsp3) is 0.300. The number of piperidine rings is 1. The highest BCUT2D eigenvalue weighted by Crippen LogP contribution is 2.50. The zero-order valence-corrected chi connectivity index (χ0v) is 13.9. The van der Waals surface area contributed by atoms with E-state index in [-0.39, 0.29) is 11.8 Å². The Balaban J connectivity index is 1.79. The van der Waals surface area contributed by atoms with Crippen LogP contribution in [0.3, 0.4) is 0 Å². The van der Waals surface area contributed by atoms with Crippen molar-refractivity contribution in [1.29, 1.82) is 0 Å². The first-order valence-corrected chi connectivity index (χ1v) is 8.36. The Hall–Kier alpha value is -2.82. The summed E-state index contributed by atoms with van der Waals surface area (Å²) >= 11 is 0. The van der Waals surface area contributed by atoms with Crippen LogP contribution >= 0.6 is 0 Å². The van der Waals surface area contributed by atoms with Crippen molar-refractivity contribution in [2.24, 2.45) is 5.92 Å². The first kappa shape index (κ1) is 15.7. The average Bonchev–Trinajstić information content (AvgIpc) is 2.59. The molecule has 128 valence electrons. The number of para-hydroxylation sites is 1. The number of benzene rings is 2. The van der Waals surface area contributed by atoms with Gasteiger partial charge in [0, 0.05) is 18.9 Å². The second kappa shape index (κ2) is 5.62. The Morgan fingerprint density at radius 3 is 2.60 bits per heavy atom. The minimum absolute atomic E-state index is 0.328. The van der Waals surface area contributed by atoms with Crippen LogP contribution in [0.5, 0.6) is 5.75 Å². The molecule has 2 aromatic carbocycles. The van der Waals surface area contributed by atoms with E-state index in [2.05, 4.69) is 0 Å². The van der Waals surface area contributed by atoms with E-state index < -0.39 is 17.6 Å². The number of rotatable bonds is 3. The summed E-state index contributed by atoms with van der Waals surface area (Å²) in [5.41, 5.74) is 0.903. The molecular weight excluding hydrogens is 318 g/mol. The molecule has 1 amide bonds. The van der Waals surface area contributed by atoms with Crippen molar-refractivity contribution in [1.82, 2.24) is 4.90 Å². The van der Waals surface area contributed by atoms with E-state index in [1.807, 2.05) is 61.5 Å². The van der Waals surface area contributed by atoms with Crippen LogP contribution in [0, 0.1) is 5.92 Å². The summed E-state index contributed by atoms with van der Waals surface area (Å²) in [6.07, 6.45) is 0.472. The zero-order chi connectivity index (χ0) is 17.6. The number of carboxylic acids is 1. The van der Waals surface area contributed by atoms with Gasteiger partial charge in [0.25, 0.3) is 0 Å². The lowest BCUT2D eigenvalue weighted by atomic mass is 9.73. The normalized spacial score (nSPS) is 27.4. The van der Waals surface area contributed by atoms with Crippen molar-refractivity contribution in [3.63, 3.8) is 0 Å². The number of ether oxygens (including phenoxy) is 1. The van der Waals surface area contributed by atoms with Crippen LogP contribution in [0.1, 0.15) is 30.4 Å². The van der Waals surface area contributed by atoms with Crippen molar-refractivity contribution >= 4 is 11.9 Å². The molecule has 0 saturated carbocycles. The standard InChI is InChI=1S/C20H19NO4/c1-20-11-15(14-9-5-6-10-16(14)25-20)17(19(23)24)18(22)21(20)12-13-7-3-2-4-8-13/h2-10,15,17H,11-12H2,1H3,(H,23,24)/t15-,17+,20+/m1/s1. The van der Waals surface area contributed by atoms with Crippen LogP contribution in [-0.4, -0.2) is 27.6 Å². The van der Waals surface area contributed by atoms with Gasteiger partial charge in [0.1, 0.15) is 11.7 Å². The molecule has 3 atom stereocenters. The molecule has 1 fully saturated rings. The monoisotopic (exact) mass is 337 g/mol. The van der Waals surface area contributed by atoms with Crippen molar-refractivity contribution in [3.05, 3.63) is 65.7 Å². The highest BCUT2D eigenvalue weighted by atomic mass is 16.5. The summed E-state index contributed by atoms with van der Waals surface area (Å²) in [7, 11) is 0. The quantitative estimate of drug-likeness (QED) is 0.874. The third-order valence-corrected chi connectivity index (χ3v) is 5.20. The number of hydrogen-bond donors (Lipinski definition) is 1. The van der Waals surface area contributed by atoms with E-state index in [1.165, 1.54) is 0 Å². The fourth-order valence-corrected chi connectivity index (χ4v) is 4.00. The second-order valence-corrected chi connectivity index (χ2v) is 6.85. The molecule has 0 spiro atoms. The van der Waals surface area contributed by atoms with Gasteiger partial charge in [0.15, 0.2) is 5.72 Å². The van der Waals surface area contributed by atoms with Gasteiger partial charge >= 0.3 is 5.97 Å². The van der Waals surface area contributed by atoms with E-state index in [1.54, 1.807) is 4.90 Å². The highest BCUT2D eigenvalue weighted by Gasteiger charge is 2.56. The predicted octanol–water partition coefficient (Wildman–Crippen LogP) is 3.01. The second-order valence-electron chi connectivity index (χ2n) is 6.85. The predicted molar refractivity (Wildman–Crippen MR) is 91.0 cm³/mol. The maximum Gasteiger partial charge on any atom is 0.316 e. The van der Waals surface area contributed by atoms with E-state index in [9.17, 15) is 14.7 Å². The fourth-order valence-electron chi connectivity index (χ4n) is 4.00. The molecule has 4 rings (SSSR count). The Morgan fingerprint density at radius 1 is 1.20 bits per heavy atom. The summed E-state index contributed by atoms with van der Waals surface area (Å²) < 4.78 is 6.19. The van der Waals surface area contributed by atoms with Gasteiger partial charge in [-0.3, -0.25) is 14.5 Å². The lowest BCUT2D eigenvalue weighted by Gasteiger charge is -2.52. The minimum atomic E-state index is -1.08. The molecule has 0 radical (unpaired) electrons. The summed E-state index contributed by atoms with van der Waals surface area (Å²) in [6.45, 7) is 2.20. The maximum absolute atomic E-state index is 13.1. The van der Waals surface area contributed by atoms with Gasteiger partial charge < -0.3 is 9.84 Å². The van der Waals surface area contributed by atoms with Gasteiger partial charge in [0.05, 0.1) is 0 Å².